The van der Waals surface area contributed by atoms with E-state index in [0.717, 1.165) is 19.2 Å². The summed E-state index contributed by atoms with van der Waals surface area (Å²) in [5.74, 6) is 0.352. The number of likely N-dealkylation sites (N-methyl/N-ethyl adjacent to an activating group) is 1. The highest BCUT2D eigenvalue weighted by Gasteiger charge is 2.32. The monoisotopic (exact) mass is 273 g/mol. The van der Waals surface area contributed by atoms with E-state index < -0.39 is 11.7 Å². The molecule has 0 aromatic heterocycles. The van der Waals surface area contributed by atoms with E-state index in [2.05, 4.69) is 4.90 Å². The molecule has 1 aromatic carbocycles. The minimum Gasteiger partial charge on any atom is -0.488 e. The molecule has 0 atom stereocenters. The van der Waals surface area contributed by atoms with Crippen LogP contribution < -0.4 is 4.74 Å². The van der Waals surface area contributed by atoms with Crippen molar-refractivity contribution in [3.63, 3.8) is 0 Å². The second-order valence-corrected chi connectivity index (χ2v) is 5.40. The Morgan fingerprint density at radius 1 is 1.21 bits per heavy atom. The maximum Gasteiger partial charge on any atom is 0.416 e. The highest BCUT2D eigenvalue weighted by atomic mass is 19.4. The molecule has 0 unspecified atom stereocenters. The molecule has 1 fully saturated rings. The van der Waals surface area contributed by atoms with Crippen LogP contribution >= 0.6 is 0 Å². The molecule has 1 heterocycles. The molecule has 5 heteroatoms. The summed E-state index contributed by atoms with van der Waals surface area (Å²) in [6.07, 6.45) is -4.34. The predicted molar refractivity (Wildman–Crippen MR) is 67.4 cm³/mol. The molecule has 0 spiro atoms. The van der Waals surface area contributed by atoms with Crippen LogP contribution in [0, 0.1) is 0 Å². The zero-order chi connectivity index (χ0) is 14.2. The fourth-order valence-corrected chi connectivity index (χ4v) is 2.10. The molecular formula is C14H18F3NO. The molecular weight excluding hydrogens is 255 g/mol. The molecule has 0 radical (unpaired) electrons. The Morgan fingerprint density at radius 3 is 2.32 bits per heavy atom. The second-order valence-electron chi connectivity index (χ2n) is 5.40. The van der Waals surface area contributed by atoms with Gasteiger partial charge in [-0.3, -0.25) is 4.90 Å². The number of alkyl halides is 3. The van der Waals surface area contributed by atoms with E-state index in [1.165, 1.54) is 6.07 Å². The van der Waals surface area contributed by atoms with Gasteiger partial charge in [0.2, 0.25) is 0 Å². The molecule has 1 aliphatic heterocycles. The summed E-state index contributed by atoms with van der Waals surface area (Å²) in [7, 11) is 1.95. The van der Waals surface area contributed by atoms with E-state index >= 15 is 0 Å². The third kappa shape index (κ3) is 3.41. The molecule has 0 amide bonds. The zero-order valence-corrected chi connectivity index (χ0v) is 11.3. The number of hydrogen-bond donors (Lipinski definition) is 0. The molecule has 0 bridgehead atoms. The molecule has 0 aliphatic carbocycles. The van der Waals surface area contributed by atoms with E-state index in [0.29, 0.717) is 11.3 Å². The van der Waals surface area contributed by atoms with E-state index in [1.54, 1.807) is 6.07 Å². The van der Waals surface area contributed by atoms with Crippen molar-refractivity contribution >= 4 is 0 Å². The summed E-state index contributed by atoms with van der Waals surface area (Å²) < 4.78 is 44.1. The summed E-state index contributed by atoms with van der Waals surface area (Å²) in [4.78, 5) is 2.06. The summed E-state index contributed by atoms with van der Waals surface area (Å²) in [5, 5.41) is 0. The average Bonchev–Trinajstić information content (AvgIpc) is 2.25. The lowest BCUT2D eigenvalue weighted by Crippen LogP contribution is -2.51. The predicted octanol–water partition coefficient (Wildman–Crippen LogP) is 3.52. The lowest BCUT2D eigenvalue weighted by Gasteiger charge is -2.36. The van der Waals surface area contributed by atoms with Gasteiger partial charge in [-0.25, -0.2) is 0 Å². The van der Waals surface area contributed by atoms with Gasteiger partial charge in [-0.1, -0.05) is 13.8 Å². The topological polar surface area (TPSA) is 12.5 Å². The second kappa shape index (κ2) is 5.04. The number of nitrogens with zero attached hydrogens (tertiary/aromatic N) is 1. The minimum atomic E-state index is -4.33. The van der Waals surface area contributed by atoms with Crippen LogP contribution in [0.2, 0.25) is 0 Å². The van der Waals surface area contributed by atoms with Crippen molar-refractivity contribution in [2.75, 3.05) is 20.1 Å². The lowest BCUT2D eigenvalue weighted by molar-refractivity contribution is -0.137. The maximum absolute atomic E-state index is 12.8. The van der Waals surface area contributed by atoms with Crippen molar-refractivity contribution in [3.8, 4) is 5.75 Å². The molecule has 1 aromatic rings. The van der Waals surface area contributed by atoms with Crippen LogP contribution in [0.15, 0.2) is 18.2 Å². The Balaban J connectivity index is 2.24. The maximum atomic E-state index is 12.8. The van der Waals surface area contributed by atoms with Crippen LogP contribution in [0.25, 0.3) is 0 Å². The van der Waals surface area contributed by atoms with Gasteiger partial charge in [0.1, 0.15) is 11.9 Å². The molecule has 19 heavy (non-hydrogen) atoms. The van der Waals surface area contributed by atoms with Gasteiger partial charge < -0.3 is 4.74 Å². The fraction of sp³-hybridized carbons (Fsp3) is 0.571. The van der Waals surface area contributed by atoms with Gasteiger partial charge in [0.15, 0.2) is 0 Å². The van der Waals surface area contributed by atoms with Crippen LogP contribution in [0.1, 0.15) is 30.9 Å². The van der Waals surface area contributed by atoms with Crippen LogP contribution in [0.5, 0.6) is 5.75 Å². The van der Waals surface area contributed by atoms with Crippen LogP contribution in [0.4, 0.5) is 13.2 Å². The number of hydrogen-bond acceptors (Lipinski definition) is 2. The van der Waals surface area contributed by atoms with Crippen LogP contribution in [0.3, 0.4) is 0 Å². The van der Waals surface area contributed by atoms with Gasteiger partial charge in [-0.05, 0) is 36.7 Å². The Bertz CT molecular complexity index is 450. The first-order chi connectivity index (χ1) is 8.75. The SMILES string of the molecule is CC(C)c1cc(OC2CN(C)C2)cc(C(F)(F)F)c1. The molecule has 0 saturated carbocycles. The fourth-order valence-electron chi connectivity index (χ4n) is 2.10. The average molecular weight is 273 g/mol. The highest BCUT2D eigenvalue weighted by Crippen LogP contribution is 2.35. The van der Waals surface area contributed by atoms with E-state index in [1.807, 2.05) is 20.9 Å². The Morgan fingerprint density at radius 2 is 1.84 bits per heavy atom. The Labute approximate surface area is 111 Å². The molecule has 106 valence electrons. The Kier molecular flexibility index (Phi) is 3.76. The molecule has 1 saturated heterocycles. The number of benzene rings is 1. The Hall–Kier alpha value is -1.23. The largest absolute Gasteiger partial charge is 0.488 e. The van der Waals surface area contributed by atoms with Crippen molar-refractivity contribution in [3.05, 3.63) is 29.3 Å². The van der Waals surface area contributed by atoms with E-state index in [9.17, 15) is 13.2 Å². The van der Waals surface area contributed by atoms with Gasteiger partial charge in [-0.2, -0.15) is 13.2 Å². The summed E-state index contributed by atoms with van der Waals surface area (Å²) in [5.41, 5.74) is 0.0129. The summed E-state index contributed by atoms with van der Waals surface area (Å²) >= 11 is 0. The van der Waals surface area contributed by atoms with Gasteiger partial charge in [0, 0.05) is 13.1 Å². The molecule has 2 rings (SSSR count). The van der Waals surface area contributed by atoms with E-state index in [-0.39, 0.29) is 12.0 Å². The van der Waals surface area contributed by atoms with Gasteiger partial charge in [0.05, 0.1) is 5.56 Å². The van der Waals surface area contributed by atoms with Crippen molar-refractivity contribution in [2.45, 2.75) is 32.0 Å². The summed E-state index contributed by atoms with van der Waals surface area (Å²) in [6, 6.07) is 3.99. The standard InChI is InChI=1S/C14H18F3NO/c1-9(2)10-4-11(14(15,16)17)6-12(5-10)19-13-7-18(3)8-13/h4-6,9,13H,7-8H2,1-3H3. The molecule has 2 nitrogen and oxygen atoms in total. The van der Waals surface area contributed by atoms with Gasteiger partial charge in [-0.15, -0.1) is 0 Å². The third-order valence-corrected chi connectivity index (χ3v) is 3.26. The number of ether oxygens (including phenoxy) is 1. The molecule has 1 aliphatic rings. The third-order valence-electron chi connectivity index (χ3n) is 3.26. The first-order valence-corrected chi connectivity index (χ1v) is 6.33. The minimum absolute atomic E-state index is 0.00602. The number of halogens is 3. The van der Waals surface area contributed by atoms with Gasteiger partial charge >= 0.3 is 6.18 Å². The smallest absolute Gasteiger partial charge is 0.416 e. The van der Waals surface area contributed by atoms with Crippen LogP contribution in [-0.2, 0) is 6.18 Å². The zero-order valence-electron chi connectivity index (χ0n) is 11.3. The van der Waals surface area contributed by atoms with E-state index in [4.69, 9.17) is 4.74 Å². The van der Waals surface area contributed by atoms with Crippen molar-refractivity contribution in [1.82, 2.24) is 4.90 Å². The normalized spacial score (nSPS) is 17.6. The number of likely N-dealkylation sites (tertiary alicyclic amines) is 1. The first kappa shape index (κ1) is 14.2. The highest BCUT2D eigenvalue weighted by molar-refractivity contribution is 5.37. The van der Waals surface area contributed by atoms with Crippen molar-refractivity contribution < 1.29 is 17.9 Å². The van der Waals surface area contributed by atoms with Gasteiger partial charge in [0.25, 0.3) is 0 Å². The quantitative estimate of drug-likeness (QED) is 0.835. The summed E-state index contributed by atoms with van der Waals surface area (Å²) in [6.45, 7) is 5.26. The lowest BCUT2D eigenvalue weighted by atomic mass is 10.00. The first-order valence-electron chi connectivity index (χ1n) is 6.33. The van der Waals surface area contributed by atoms with Crippen molar-refractivity contribution in [2.24, 2.45) is 0 Å². The molecule has 0 N–H and O–H groups in total. The number of rotatable bonds is 3. The van der Waals surface area contributed by atoms with Crippen molar-refractivity contribution in [1.29, 1.82) is 0 Å². The van der Waals surface area contributed by atoms with Crippen LogP contribution in [-0.4, -0.2) is 31.1 Å².